The van der Waals surface area contributed by atoms with E-state index in [0.29, 0.717) is 30.7 Å². The zero-order chi connectivity index (χ0) is 30.9. The Balaban J connectivity index is 1.16. The van der Waals surface area contributed by atoms with E-state index in [-0.39, 0.29) is 23.3 Å². The Morgan fingerprint density at radius 2 is 1.39 bits per heavy atom. The van der Waals surface area contributed by atoms with Crippen LogP contribution in [-0.4, -0.2) is 41.2 Å². The van der Waals surface area contributed by atoms with Crippen molar-refractivity contribution in [2.75, 3.05) is 13.1 Å². The Hall–Kier alpha value is -3.93. The van der Waals surface area contributed by atoms with E-state index >= 15 is 0 Å². The minimum atomic E-state index is -0.668. The highest BCUT2D eigenvalue weighted by atomic mass is 16.2. The third kappa shape index (κ3) is 5.79. The number of nitrogens with one attached hydrogen (secondary N) is 2. The van der Waals surface area contributed by atoms with Crippen molar-refractivity contribution in [1.29, 1.82) is 0 Å². The van der Waals surface area contributed by atoms with Gasteiger partial charge in [0.05, 0.1) is 0 Å². The lowest BCUT2D eigenvalue weighted by Crippen LogP contribution is -2.60. The van der Waals surface area contributed by atoms with Crippen LogP contribution in [0.2, 0.25) is 0 Å². The molecule has 6 heteroatoms. The summed E-state index contributed by atoms with van der Waals surface area (Å²) in [6.45, 7) is 7.92. The van der Waals surface area contributed by atoms with Gasteiger partial charge in [0.2, 0.25) is 11.8 Å². The summed E-state index contributed by atoms with van der Waals surface area (Å²) in [5.41, 5.74) is 5.09. The molecule has 1 aliphatic heterocycles. The lowest BCUT2D eigenvalue weighted by molar-refractivity contribution is -0.143. The molecule has 0 radical (unpaired) electrons. The number of fused-ring (bicyclic) bond motifs is 3. The predicted octanol–water partition coefficient (Wildman–Crippen LogP) is 7.09. The van der Waals surface area contributed by atoms with Crippen LogP contribution >= 0.6 is 0 Å². The van der Waals surface area contributed by atoms with Crippen LogP contribution in [0.15, 0.2) is 72.8 Å². The van der Waals surface area contributed by atoms with Crippen LogP contribution in [-0.2, 0) is 9.59 Å². The number of benzene rings is 3. The molecule has 1 saturated heterocycles. The molecule has 0 spiro atoms. The molecule has 3 aromatic carbocycles. The number of amides is 3. The van der Waals surface area contributed by atoms with Gasteiger partial charge in [-0.2, -0.15) is 0 Å². The summed E-state index contributed by atoms with van der Waals surface area (Å²) in [6.07, 6.45) is 6.40. The number of likely N-dealkylation sites (tertiary alicyclic amines) is 1. The molecule has 6 nitrogen and oxygen atoms in total. The quantitative estimate of drug-likeness (QED) is 0.294. The van der Waals surface area contributed by atoms with E-state index in [1.54, 1.807) is 0 Å². The van der Waals surface area contributed by atoms with Crippen molar-refractivity contribution in [1.82, 2.24) is 15.5 Å². The average molecular weight is 592 g/mol. The third-order valence-electron chi connectivity index (χ3n) is 10.6. The second-order valence-electron chi connectivity index (χ2n) is 13.6. The molecule has 3 amide bonds. The number of aryl methyl sites for hydroxylation is 1. The van der Waals surface area contributed by atoms with Crippen molar-refractivity contribution in [3.8, 4) is 11.1 Å². The molecule has 2 bridgehead atoms. The molecule has 1 heterocycles. The fourth-order valence-electron chi connectivity index (χ4n) is 7.63. The summed E-state index contributed by atoms with van der Waals surface area (Å²) in [5.74, 6) is 0.365. The van der Waals surface area contributed by atoms with Crippen LogP contribution in [0.5, 0.6) is 0 Å². The molecule has 44 heavy (non-hydrogen) atoms. The van der Waals surface area contributed by atoms with E-state index in [9.17, 15) is 14.4 Å². The Kier molecular flexibility index (Phi) is 8.36. The van der Waals surface area contributed by atoms with Crippen LogP contribution in [0.4, 0.5) is 0 Å². The molecule has 0 unspecified atom stereocenters. The monoisotopic (exact) mass is 591 g/mol. The van der Waals surface area contributed by atoms with Gasteiger partial charge >= 0.3 is 0 Å². The third-order valence-corrected chi connectivity index (χ3v) is 10.6. The number of hydrogen-bond acceptors (Lipinski definition) is 3. The minimum absolute atomic E-state index is 0.0144. The van der Waals surface area contributed by atoms with Gasteiger partial charge in [-0.25, -0.2) is 0 Å². The smallest absolute Gasteiger partial charge is 0.252 e. The molecule has 7 rings (SSSR count). The number of hydrogen-bond donors (Lipinski definition) is 2. The van der Waals surface area contributed by atoms with Gasteiger partial charge in [0.25, 0.3) is 5.91 Å². The molecular formula is C38H45N3O3. The van der Waals surface area contributed by atoms with Gasteiger partial charge in [0.15, 0.2) is 0 Å². The lowest BCUT2D eigenvalue weighted by Gasteiger charge is -2.52. The highest BCUT2D eigenvalue weighted by Crippen LogP contribution is 2.53. The Morgan fingerprint density at radius 3 is 2.00 bits per heavy atom. The van der Waals surface area contributed by atoms with Crippen LogP contribution in [0.3, 0.4) is 0 Å². The molecular weight excluding hydrogens is 546 g/mol. The first-order valence-corrected chi connectivity index (χ1v) is 16.4. The molecule has 3 saturated carbocycles. The van der Waals surface area contributed by atoms with E-state index in [0.717, 1.165) is 67.4 Å². The zero-order valence-corrected chi connectivity index (χ0v) is 26.3. The number of nitrogens with zero attached hydrogens (tertiary/aromatic N) is 1. The van der Waals surface area contributed by atoms with E-state index in [1.165, 1.54) is 5.56 Å². The summed E-state index contributed by atoms with van der Waals surface area (Å²) in [4.78, 5) is 43.3. The maximum atomic E-state index is 14.0. The van der Waals surface area contributed by atoms with E-state index < -0.39 is 11.5 Å². The molecule has 0 aromatic heterocycles. The Labute approximate surface area is 261 Å². The van der Waals surface area contributed by atoms with E-state index in [4.69, 9.17) is 0 Å². The molecule has 4 fully saturated rings. The largest absolute Gasteiger partial charge is 0.347 e. The molecule has 2 N–H and O–H groups in total. The molecule has 230 valence electrons. The number of carbonyl (C=O) groups excluding carboxylic acids is 3. The molecule has 3 aromatic rings. The first-order valence-electron chi connectivity index (χ1n) is 16.4. The standard InChI is InChI=1S/C38H45N3O3/c1-26(2)28-14-16-29(17-15-28)32-27(3)10-9-13-31(32)34(42)40-38-21-18-37(19-22-38,20-23-38)36(44)39-33(30-11-5-4-6-12-30)35(43)41-24-7-8-25-41/h4-6,9-17,26,33H,7-8,18-25H2,1-3H3,(H,39,44)(H,40,42)/t33-,37?,38?/m0/s1. The van der Waals surface area contributed by atoms with Gasteiger partial charge in [0, 0.05) is 29.6 Å². The highest BCUT2D eigenvalue weighted by Gasteiger charge is 2.53. The van der Waals surface area contributed by atoms with Crippen LogP contribution < -0.4 is 10.6 Å². The summed E-state index contributed by atoms with van der Waals surface area (Å²) in [7, 11) is 0. The second-order valence-corrected chi connectivity index (χ2v) is 13.6. The van der Waals surface area contributed by atoms with Crippen molar-refractivity contribution in [3.05, 3.63) is 95.1 Å². The summed E-state index contributed by atoms with van der Waals surface area (Å²) >= 11 is 0. The van der Waals surface area contributed by atoms with E-state index in [1.807, 2.05) is 47.4 Å². The first kappa shape index (κ1) is 30.1. The number of carbonyl (C=O) groups is 3. The van der Waals surface area contributed by atoms with Gasteiger partial charge in [-0.15, -0.1) is 0 Å². The fourth-order valence-corrected chi connectivity index (χ4v) is 7.63. The van der Waals surface area contributed by atoms with Crippen LogP contribution in [0.25, 0.3) is 11.1 Å². The van der Waals surface area contributed by atoms with Crippen LogP contribution in [0.1, 0.15) is 104 Å². The second kappa shape index (κ2) is 12.2. The first-order chi connectivity index (χ1) is 21.2. The van der Waals surface area contributed by atoms with Crippen molar-refractivity contribution in [3.63, 3.8) is 0 Å². The molecule has 1 atom stereocenters. The van der Waals surface area contributed by atoms with Crippen molar-refractivity contribution in [2.45, 2.75) is 89.6 Å². The Morgan fingerprint density at radius 1 is 0.750 bits per heavy atom. The van der Waals surface area contributed by atoms with Crippen molar-refractivity contribution in [2.24, 2.45) is 5.41 Å². The lowest BCUT2D eigenvalue weighted by atomic mass is 9.56. The average Bonchev–Trinajstić information content (AvgIpc) is 3.60. The van der Waals surface area contributed by atoms with Gasteiger partial charge in [-0.05, 0) is 98.1 Å². The normalized spacial score (nSPS) is 23.4. The maximum Gasteiger partial charge on any atom is 0.252 e. The van der Waals surface area contributed by atoms with Crippen LogP contribution in [0, 0.1) is 12.3 Å². The zero-order valence-electron chi connectivity index (χ0n) is 26.3. The van der Waals surface area contributed by atoms with E-state index in [2.05, 4.69) is 61.7 Å². The van der Waals surface area contributed by atoms with Gasteiger partial charge < -0.3 is 15.5 Å². The van der Waals surface area contributed by atoms with Crippen molar-refractivity contribution < 1.29 is 14.4 Å². The topological polar surface area (TPSA) is 78.5 Å². The molecule has 3 aliphatic carbocycles. The van der Waals surface area contributed by atoms with Gasteiger partial charge in [0.1, 0.15) is 6.04 Å². The van der Waals surface area contributed by atoms with Gasteiger partial charge in [-0.3, -0.25) is 14.4 Å². The minimum Gasteiger partial charge on any atom is -0.347 e. The molecule has 4 aliphatic rings. The SMILES string of the molecule is Cc1cccc(C(=O)NC23CCC(C(=O)N[C@H](C(=O)N4CCCC4)c4ccccc4)(CC2)CC3)c1-c1ccc(C(C)C)cc1. The number of rotatable bonds is 8. The highest BCUT2D eigenvalue weighted by molar-refractivity contribution is 6.02. The van der Waals surface area contributed by atoms with Gasteiger partial charge in [-0.1, -0.05) is 80.6 Å². The summed E-state index contributed by atoms with van der Waals surface area (Å²) in [5, 5.41) is 6.65. The summed E-state index contributed by atoms with van der Waals surface area (Å²) in [6, 6.07) is 23.5. The maximum absolute atomic E-state index is 14.0. The predicted molar refractivity (Wildman–Crippen MR) is 174 cm³/mol. The van der Waals surface area contributed by atoms with Crippen molar-refractivity contribution >= 4 is 17.7 Å². The Bertz CT molecular complexity index is 1500. The summed E-state index contributed by atoms with van der Waals surface area (Å²) < 4.78 is 0. The fraction of sp³-hybridized carbons (Fsp3) is 0.447.